The summed E-state index contributed by atoms with van der Waals surface area (Å²) in [7, 11) is 0. The molecule has 0 bridgehead atoms. The van der Waals surface area contributed by atoms with E-state index in [1.54, 1.807) is 0 Å². The highest BCUT2D eigenvalue weighted by Gasteiger charge is 2.40. The van der Waals surface area contributed by atoms with Crippen molar-refractivity contribution >= 4 is 36.5 Å². The van der Waals surface area contributed by atoms with E-state index in [1.165, 1.54) is 12.8 Å². The molecular weight excluding hydrogens is 323 g/mol. The van der Waals surface area contributed by atoms with Gasteiger partial charge in [-0.1, -0.05) is 38.5 Å². The second-order valence-corrected chi connectivity index (χ2v) is 6.21. The summed E-state index contributed by atoms with van der Waals surface area (Å²) in [6.07, 6.45) is 9.64. The summed E-state index contributed by atoms with van der Waals surface area (Å²) in [5, 5.41) is 24.7. The third-order valence-corrected chi connectivity index (χ3v) is 4.80. The molecule has 0 aromatic rings. The van der Waals surface area contributed by atoms with Gasteiger partial charge in [0, 0.05) is 0 Å². The second-order valence-electron chi connectivity index (χ2n) is 6.21. The topological polar surface area (TPSA) is 124 Å². The molecule has 0 unspecified atom stereocenters. The van der Waals surface area contributed by atoms with Crippen LogP contribution in [0.25, 0.3) is 0 Å². The highest BCUT2D eigenvalue weighted by molar-refractivity contribution is 5.88. The molecule has 0 radical (unpaired) electrons. The number of hydrogen-bond acceptors (Lipinski definition) is 4. The van der Waals surface area contributed by atoms with E-state index in [4.69, 9.17) is 22.3 Å². The maximum absolute atomic E-state index is 7.86. The Hall–Kier alpha value is -0.880. The Bertz CT molecular complexity index is 374. The fraction of sp³-hybridized carbons (Fsp3) is 0.857. The third kappa shape index (κ3) is 4.32. The molecule has 0 aromatic heterocycles. The standard InChI is InChI=1S/C14H26N6.2ClH/c15-11(16)13(7-3-1-4-8-13)19-20-14(12(17)18)9-5-2-6-10-14;;/h1-10H2,(H3,15,16)(H3,17,18);2*1H. The van der Waals surface area contributed by atoms with Crippen molar-refractivity contribution in [1.29, 1.82) is 10.8 Å². The van der Waals surface area contributed by atoms with E-state index in [1.807, 2.05) is 0 Å². The summed E-state index contributed by atoms with van der Waals surface area (Å²) in [6, 6.07) is 0. The van der Waals surface area contributed by atoms with Gasteiger partial charge in [0.15, 0.2) is 0 Å². The molecule has 2 aliphatic rings. The van der Waals surface area contributed by atoms with E-state index in [9.17, 15) is 0 Å². The predicted molar refractivity (Wildman–Crippen MR) is 94.8 cm³/mol. The van der Waals surface area contributed by atoms with E-state index in [0.717, 1.165) is 51.4 Å². The van der Waals surface area contributed by atoms with Crippen LogP contribution in [0.4, 0.5) is 0 Å². The normalized spacial score (nSPS) is 23.1. The van der Waals surface area contributed by atoms with Crippen molar-refractivity contribution in [2.75, 3.05) is 0 Å². The van der Waals surface area contributed by atoms with Crippen molar-refractivity contribution in [2.24, 2.45) is 21.7 Å². The van der Waals surface area contributed by atoms with Gasteiger partial charge in [0.1, 0.15) is 22.7 Å². The molecule has 0 heterocycles. The van der Waals surface area contributed by atoms with E-state index >= 15 is 0 Å². The molecule has 128 valence electrons. The quantitative estimate of drug-likeness (QED) is 0.351. The van der Waals surface area contributed by atoms with Gasteiger partial charge in [-0.25, -0.2) is 0 Å². The van der Waals surface area contributed by atoms with Gasteiger partial charge in [-0.2, -0.15) is 10.2 Å². The summed E-state index contributed by atoms with van der Waals surface area (Å²) < 4.78 is 0. The van der Waals surface area contributed by atoms with Crippen LogP contribution >= 0.6 is 24.8 Å². The van der Waals surface area contributed by atoms with Crippen molar-refractivity contribution < 1.29 is 0 Å². The third-order valence-electron chi connectivity index (χ3n) is 4.80. The lowest BCUT2D eigenvalue weighted by Crippen LogP contribution is -2.46. The fourth-order valence-corrected chi connectivity index (χ4v) is 3.31. The molecule has 2 fully saturated rings. The largest absolute Gasteiger partial charge is 0.386 e. The van der Waals surface area contributed by atoms with Gasteiger partial charge >= 0.3 is 0 Å². The van der Waals surface area contributed by atoms with E-state index in [0.29, 0.717) is 0 Å². The number of halogens is 2. The molecule has 0 amide bonds. The molecule has 22 heavy (non-hydrogen) atoms. The van der Waals surface area contributed by atoms with Crippen molar-refractivity contribution in [3.63, 3.8) is 0 Å². The molecule has 0 aliphatic heterocycles. The lowest BCUT2D eigenvalue weighted by atomic mass is 9.80. The molecule has 2 rings (SSSR count). The minimum Gasteiger partial charge on any atom is -0.386 e. The SMILES string of the molecule is Cl.Cl.N=C(N)C1(N=NC2(C(=N)N)CCCCC2)CCCCC1. The maximum atomic E-state index is 7.86. The summed E-state index contributed by atoms with van der Waals surface area (Å²) in [4.78, 5) is 0. The van der Waals surface area contributed by atoms with Gasteiger partial charge in [0.25, 0.3) is 0 Å². The van der Waals surface area contributed by atoms with Crippen LogP contribution in [0.15, 0.2) is 10.2 Å². The first-order valence-electron chi connectivity index (χ1n) is 7.64. The van der Waals surface area contributed by atoms with Gasteiger partial charge in [0.05, 0.1) is 0 Å². The number of nitrogens with zero attached hydrogens (tertiary/aromatic N) is 2. The van der Waals surface area contributed by atoms with Crippen molar-refractivity contribution in [1.82, 2.24) is 0 Å². The molecular formula is C14H28Cl2N6. The van der Waals surface area contributed by atoms with Crippen LogP contribution in [0, 0.1) is 10.8 Å². The molecule has 2 aliphatic carbocycles. The van der Waals surface area contributed by atoms with Crippen LogP contribution in [-0.2, 0) is 0 Å². The van der Waals surface area contributed by atoms with Gasteiger partial charge < -0.3 is 11.5 Å². The summed E-state index contributed by atoms with van der Waals surface area (Å²) in [6.45, 7) is 0. The van der Waals surface area contributed by atoms with E-state index < -0.39 is 11.1 Å². The molecule has 6 N–H and O–H groups in total. The molecule has 2 saturated carbocycles. The Morgan fingerprint density at radius 3 is 1.14 bits per heavy atom. The highest BCUT2D eigenvalue weighted by atomic mass is 35.5. The van der Waals surface area contributed by atoms with Gasteiger partial charge in [-0.15, -0.1) is 24.8 Å². The number of hydrogen-bond donors (Lipinski definition) is 4. The Kier molecular flexibility index (Phi) is 8.33. The van der Waals surface area contributed by atoms with E-state index in [2.05, 4.69) is 10.2 Å². The zero-order valence-corrected chi connectivity index (χ0v) is 14.6. The maximum Gasteiger partial charge on any atom is 0.138 e. The van der Waals surface area contributed by atoms with Gasteiger partial charge in [-0.3, -0.25) is 10.8 Å². The molecule has 6 nitrogen and oxygen atoms in total. The first-order chi connectivity index (χ1) is 9.51. The highest BCUT2D eigenvalue weighted by Crippen LogP contribution is 2.36. The van der Waals surface area contributed by atoms with Crippen molar-refractivity contribution in [3.8, 4) is 0 Å². The van der Waals surface area contributed by atoms with Crippen LogP contribution in [0.1, 0.15) is 64.2 Å². The minimum absolute atomic E-state index is 0. The summed E-state index contributed by atoms with van der Waals surface area (Å²) in [5.74, 6) is 0.214. The number of nitrogens with two attached hydrogens (primary N) is 2. The van der Waals surface area contributed by atoms with Crippen molar-refractivity contribution in [2.45, 2.75) is 75.3 Å². The Balaban J connectivity index is 0.00000220. The first-order valence-corrected chi connectivity index (χ1v) is 7.64. The van der Waals surface area contributed by atoms with Crippen LogP contribution in [0.2, 0.25) is 0 Å². The zero-order valence-electron chi connectivity index (χ0n) is 12.9. The average Bonchev–Trinajstić information content (AvgIpc) is 2.47. The smallest absolute Gasteiger partial charge is 0.138 e. The second kappa shape index (κ2) is 8.67. The summed E-state index contributed by atoms with van der Waals surface area (Å²) >= 11 is 0. The number of azo groups is 1. The number of rotatable bonds is 4. The van der Waals surface area contributed by atoms with Crippen LogP contribution in [0.3, 0.4) is 0 Å². The minimum atomic E-state index is -0.641. The Labute approximate surface area is 144 Å². The van der Waals surface area contributed by atoms with Gasteiger partial charge in [-0.05, 0) is 25.7 Å². The first kappa shape index (κ1) is 21.1. The Morgan fingerprint density at radius 1 is 0.636 bits per heavy atom. The molecule has 8 heteroatoms. The van der Waals surface area contributed by atoms with Crippen molar-refractivity contribution in [3.05, 3.63) is 0 Å². The van der Waals surface area contributed by atoms with Crippen LogP contribution in [0.5, 0.6) is 0 Å². The average molecular weight is 351 g/mol. The van der Waals surface area contributed by atoms with Crippen LogP contribution < -0.4 is 11.5 Å². The Morgan fingerprint density at radius 2 is 0.909 bits per heavy atom. The lowest BCUT2D eigenvalue weighted by molar-refractivity contribution is 0.321. The molecule has 0 atom stereocenters. The fourth-order valence-electron chi connectivity index (χ4n) is 3.31. The van der Waals surface area contributed by atoms with Gasteiger partial charge in [0.2, 0.25) is 0 Å². The van der Waals surface area contributed by atoms with Crippen LogP contribution in [-0.4, -0.2) is 22.7 Å². The number of amidine groups is 2. The monoisotopic (exact) mass is 350 g/mol. The summed E-state index contributed by atoms with van der Waals surface area (Å²) in [5.41, 5.74) is 10.3. The predicted octanol–water partition coefficient (Wildman–Crippen LogP) is 3.56. The molecule has 0 aromatic carbocycles. The molecule has 0 spiro atoms. The molecule has 0 saturated heterocycles. The number of nitrogens with one attached hydrogen (secondary N) is 2. The lowest BCUT2D eigenvalue weighted by Gasteiger charge is -2.35. The van der Waals surface area contributed by atoms with E-state index in [-0.39, 0.29) is 36.5 Å². The zero-order chi connectivity index (χ0) is 14.6.